The number of nitrogens with zero attached hydrogens (tertiary/aromatic N) is 3. The SMILES string of the molecule is Oc1c(F)cc(C#Cc2ccc(N3CCCC3)cc2)cc1C=NN1CCOCC1. The van der Waals surface area contributed by atoms with Crippen LogP contribution < -0.4 is 4.90 Å². The van der Waals surface area contributed by atoms with Crippen LogP contribution >= 0.6 is 0 Å². The topological polar surface area (TPSA) is 48.3 Å². The second-order valence-corrected chi connectivity index (χ2v) is 7.20. The van der Waals surface area contributed by atoms with E-state index in [1.165, 1.54) is 30.8 Å². The highest BCUT2D eigenvalue weighted by atomic mass is 19.1. The minimum Gasteiger partial charge on any atom is -0.504 e. The summed E-state index contributed by atoms with van der Waals surface area (Å²) in [6.07, 6.45) is 3.95. The smallest absolute Gasteiger partial charge is 0.166 e. The van der Waals surface area contributed by atoms with Crippen molar-refractivity contribution < 1.29 is 14.2 Å². The Hall–Kier alpha value is -3.04. The molecule has 2 aromatic rings. The van der Waals surface area contributed by atoms with Crippen LogP contribution in [0.3, 0.4) is 0 Å². The van der Waals surface area contributed by atoms with Crippen LogP contribution in [-0.2, 0) is 4.74 Å². The van der Waals surface area contributed by atoms with Gasteiger partial charge in [-0.1, -0.05) is 11.8 Å². The first-order chi connectivity index (χ1) is 14.2. The number of morpholine rings is 1. The molecule has 0 aromatic heterocycles. The summed E-state index contributed by atoms with van der Waals surface area (Å²) in [4.78, 5) is 2.37. The Morgan fingerprint density at radius 3 is 2.38 bits per heavy atom. The number of rotatable bonds is 3. The van der Waals surface area contributed by atoms with Gasteiger partial charge in [-0.25, -0.2) is 4.39 Å². The Morgan fingerprint density at radius 1 is 0.966 bits per heavy atom. The summed E-state index contributed by atoms with van der Waals surface area (Å²) >= 11 is 0. The Morgan fingerprint density at radius 2 is 1.66 bits per heavy atom. The molecule has 2 heterocycles. The van der Waals surface area contributed by atoms with Crippen LogP contribution in [0.15, 0.2) is 41.5 Å². The van der Waals surface area contributed by atoms with Crippen LogP contribution in [0.5, 0.6) is 5.75 Å². The largest absolute Gasteiger partial charge is 0.504 e. The van der Waals surface area contributed by atoms with Crippen LogP contribution in [0.1, 0.15) is 29.5 Å². The fraction of sp³-hybridized carbons (Fsp3) is 0.348. The molecule has 0 saturated carbocycles. The number of aromatic hydroxyl groups is 1. The lowest BCUT2D eigenvalue weighted by atomic mass is 10.1. The maximum Gasteiger partial charge on any atom is 0.166 e. The average Bonchev–Trinajstić information content (AvgIpc) is 3.29. The van der Waals surface area contributed by atoms with E-state index in [1.807, 2.05) is 17.1 Å². The van der Waals surface area contributed by atoms with Crippen molar-refractivity contribution in [2.45, 2.75) is 12.8 Å². The Kier molecular flexibility index (Phi) is 5.97. The van der Waals surface area contributed by atoms with Crippen LogP contribution in [0, 0.1) is 17.7 Å². The monoisotopic (exact) mass is 393 g/mol. The lowest BCUT2D eigenvalue weighted by molar-refractivity contribution is 0.0397. The molecule has 2 aliphatic rings. The van der Waals surface area contributed by atoms with Crippen LogP contribution in [-0.4, -0.2) is 55.7 Å². The van der Waals surface area contributed by atoms with Gasteiger partial charge in [0.25, 0.3) is 0 Å². The van der Waals surface area contributed by atoms with Crippen LogP contribution in [0.25, 0.3) is 0 Å². The minimum absolute atomic E-state index is 0.310. The van der Waals surface area contributed by atoms with Crippen molar-refractivity contribution in [1.29, 1.82) is 0 Å². The fourth-order valence-corrected chi connectivity index (χ4v) is 3.48. The van der Waals surface area contributed by atoms with E-state index in [9.17, 15) is 9.50 Å². The van der Waals surface area contributed by atoms with Crippen molar-refractivity contribution in [2.24, 2.45) is 5.10 Å². The highest BCUT2D eigenvalue weighted by molar-refractivity contribution is 5.84. The maximum atomic E-state index is 14.1. The van der Waals surface area contributed by atoms with Crippen molar-refractivity contribution in [3.05, 3.63) is 58.9 Å². The standard InChI is InChI=1S/C23H24FN3O2/c24-22-16-19(15-20(23(22)28)17-25-27-11-13-29-14-12-27)4-3-18-5-7-21(8-6-18)26-9-1-2-10-26/h5-8,15-17,28H,1-2,9-14H2. The summed E-state index contributed by atoms with van der Waals surface area (Å²) < 4.78 is 19.4. The van der Waals surface area contributed by atoms with Gasteiger partial charge in [0.2, 0.25) is 0 Å². The van der Waals surface area contributed by atoms with Crippen molar-refractivity contribution >= 4 is 11.9 Å². The van der Waals surface area contributed by atoms with Crippen molar-refractivity contribution in [3.63, 3.8) is 0 Å². The van der Waals surface area contributed by atoms with E-state index >= 15 is 0 Å². The van der Waals surface area contributed by atoms with E-state index in [1.54, 1.807) is 6.07 Å². The van der Waals surface area contributed by atoms with Crippen molar-refractivity contribution in [3.8, 4) is 17.6 Å². The molecule has 2 aliphatic heterocycles. The zero-order valence-corrected chi connectivity index (χ0v) is 16.3. The lowest BCUT2D eigenvalue weighted by Crippen LogP contribution is -2.32. The first kappa shape index (κ1) is 19.3. The molecule has 4 rings (SSSR count). The number of benzene rings is 2. The highest BCUT2D eigenvalue weighted by Crippen LogP contribution is 2.22. The average molecular weight is 393 g/mol. The first-order valence-corrected chi connectivity index (χ1v) is 9.95. The van der Waals surface area contributed by atoms with E-state index in [0.29, 0.717) is 37.4 Å². The van der Waals surface area contributed by atoms with Gasteiger partial charge in [0, 0.05) is 35.5 Å². The molecule has 6 heteroatoms. The molecule has 2 saturated heterocycles. The van der Waals surface area contributed by atoms with E-state index in [-0.39, 0.29) is 0 Å². The van der Waals surface area contributed by atoms with E-state index in [2.05, 4.69) is 34.0 Å². The number of phenols is 1. The van der Waals surface area contributed by atoms with E-state index in [4.69, 9.17) is 4.74 Å². The lowest BCUT2D eigenvalue weighted by Gasteiger charge is -2.23. The molecule has 1 N–H and O–H groups in total. The maximum absolute atomic E-state index is 14.1. The number of hydrogen-bond donors (Lipinski definition) is 1. The number of hydrogen-bond acceptors (Lipinski definition) is 5. The summed E-state index contributed by atoms with van der Waals surface area (Å²) in [5, 5.41) is 16.2. The van der Waals surface area contributed by atoms with Gasteiger partial charge in [0.05, 0.1) is 32.5 Å². The summed E-state index contributed by atoms with van der Waals surface area (Å²) in [6.45, 7) is 4.78. The summed E-state index contributed by atoms with van der Waals surface area (Å²) in [7, 11) is 0. The molecule has 0 atom stereocenters. The van der Waals surface area contributed by atoms with Gasteiger partial charge in [-0.3, -0.25) is 5.01 Å². The fourth-order valence-electron chi connectivity index (χ4n) is 3.48. The summed E-state index contributed by atoms with van der Waals surface area (Å²) in [6, 6.07) is 11.0. The zero-order chi connectivity index (χ0) is 20.1. The number of ether oxygens (including phenoxy) is 1. The molecule has 29 heavy (non-hydrogen) atoms. The molecule has 2 aromatic carbocycles. The predicted molar refractivity (Wildman–Crippen MR) is 112 cm³/mol. The van der Waals surface area contributed by atoms with E-state index < -0.39 is 11.6 Å². The van der Waals surface area contributed by atoms with Gasteiger partial charge in [0.15, 0.2) is 11.6 Å². The van der Waals surface area contributed by atoms with Gasteiger partial charge in [-0.15, -0.1) is 0 Å². The van der Waals surface area contributed by atoms with Crippen molar-refractivity contribution in [1.82, 2.24) is 5.01 Å². The molecule has 0 spiro atoms. The predicted octanol–water partition coefficient (Wildman–Crippen LogP) is 3.20. The molecular formula is C23H24FN3O2. The van der Waals surface area contributed by atoms with E-state index in [0.717, 1.165) is 18.7 Å². The molecule has 5 nitrogen and oxygen atoms in total. The van der Waals surface area contributed by atoms with Gasteiger partial charge in [0.1, 0.15) is 0 Å². The van der Waals surface area contributed by atoms with Crippen molar-refractivity contribution in [2.75, 3.05) is 44.3 Å². The molecule has 2 fully saturated rings. The van der Waals surface area contributed by atoms with Gasteiger partial charge >= 0.3 is 0 Å². The zero-order valence-electron chi connectivity index (χ0n) is 16.3. The quantitative estimate of drug-likeness (QED) is 0.643. The summed E-state index contributed by atoms with van der Waals surface area (Å²) in [5.74, 6) is 4.94. The third-order valence-electron chi connectivity index (χ3n) is 5.13. The summed E-state index contributed by atoms with van der Waals surface area (Å²) in [5.41, 5.74) is 2.88. The molecule has 0 aliphatic carbocycles. The number of hydrazone groups is 1. The number of halogens is 1. The molecule has 0 unspecified atom stereocenters. The molecular weight excluding hydrogens is 369 g/mol. The van der Waals surface area contributed by atoms with Gasteiger partial charge < -0.3 is 14.7 Å². The molecule has 0 radical (unpaired) electrons. The second kappa shape index (κ2) is 8.97. The normalized spacial score (nSPS) is 16.9. The Bertz CT molecular complexity index is 935. The van der Waals surface area contributed by atoms with Crippen LogP contribution in [0.2, 0.25) is 0 Å². The molecule has 0 amide bonds. The Labute approximate surface area is 170 Å². The van der Waals surface area contributed by atoms with Gasteiger partial charge in [-0.05, 0) is 49.2 Å². The number of phenolic OH excluding ortho intramolecular Hbond substituents is 1. The number of anilines is 1. The minimum atomic E-state index is -0.704. The Balaban J connectivity index is 1.50. The third-order valence-corrected chi connectivity index (χ3v) is 5.13. The third kappa shape index (κ3) is 4.87. The molecule has 0 bridgehead atoms. The van der Waals surface area contributed by atoms with Crippen LogP contribution in [0.4, 0.5) is 10.1 Å². The van der Waals surface area contributed by atoms with Gasteiger partial charge in [-0.2, -0.15) is 5.10 Å². The molecule has 150 valence electrons. The second-order valence-electron chi connectivity index (χ2n) is 7.20. The first-order valence-electron chi connectivity index (χ1n) is 9.95. The highest BCUT2D eigenvalue weighted by Gasteiger charge is 2.12.